The Morgan fingerprint density at radius 3 is 1.47 bits per heavy atom. The minimum atomic E-state index is -0.617. The van der Waals surface area contributed by atoms with Crippen LogP contribution in [0, 0.1) is 0 Å². The molecule has 0 spiro atoms. The maximum absolute atomic E-state index is 6.64. The molecule has 0 radical (unpaired) electrons. The Hall–Kier alpha value is -5.10. The fourth-order valence-corrected chi connectivity index (χ4v) is 7.73. The van der Waals surface area contributed by atoms with Crippen molar-refractivity contribution in [1.82, 2.24) is 19.1 Å². The summed E-state index contributed by atoms with van der Waals surface area (Å²) >= 11 is 0. The normalized spacial score (nSPS) is 13.9. The average Bonchev–Trinajstić information content (AvgIpc) is 3.84. The molecule has 7 rings (SSSR count). The number of ether oxygens (including phenoxy) is 1. The van der Waals surface area contributed by atoms with Crippen LogP contribution in [-0.2, 0) is 0 Å². The van der Waals surface area contributed by atoms with Gasteiger partial charge in [0.05, 0.1) is 17.1 Å². The van der Waals surface area contributed by atoms with E-state index in [1.54, 1.807) is 0 Å². The SMILES string of the molecule is CC(C)c1cccc(C(C)C)c1-n1ccnc1-c1cccc(N2c3cc(-c4nccn4-c4c(C(C)C)cccc4C(C)C)ccc3OC2(C)C)c1. The summed E-state index contributed by atoms with van der Waals surface area (Å²) in [7, 11) is 0. The fraction of sp³-hybridized carbons (Fsp3) is 0.333. The van der Waals surface area contributed by atoms with Crippen LogP contribution in [0.25, 0.3) is 34.2 Å². The zero-order valence-corrected chi connectivity index (χ0v) is 31.8. The molecule has 3 heterocycles. The highest BCUT2D eigenvalue weighted by atomic mass is 16.5. The number of hydrogen-bond acceptors (Lipinski definition) is 4. The number of nitrogens with zero attached hydrogens (tertiary/aromatic N) is 5. The number of anilines is 2. The summed E-state index contributed by atoms with van der Waals surface area (Å²) in [6, 6.07) is 28.5. The van der Waals surface area contributed by atoms with Crippen LogP contribution in [0.15, 0.2) is 104 Å². The highest BCUT2D eigenvalue weighted by Gasteiger charge is 2.39. The quantitative estimate of drug-likeness (QED) is 0.153. The number of aromatic nitrogens is 4. The summed E-state index contributed by atoms with van der Waals surface area (Å²) in [6.45, 7) is 22.4. The predicted octanol–water partition coefficient (Wildman–Crippen LogP) is 12.2. The molecule has 0 saturated carbocycles. The van der Waals surface area contributed by atoms with E-state index in [2.05, 4.69) is 175 Å². The van der Waals surface area contributed by atoms with Crippen molar-refractivity contribution in [3.05, 3.63) is 126 Å². The Morgan fingerprint density at radius 2 is 1.00 bits per heavy atom. The minimum Gasteiger partial charge on any atom is -0.466 e. The van der Waals surface area contributed by atoms with E-state index in [0.717, 1.165) is 39.9 Å². The largest absolute Gasteiger partial charge is 0.466 e. The van der Waals surface area contributed by atoms with E-state index < -0.39 is 5.72 Å². The van der Waals surface area contributed by atoms with Crippen LogP contribution >= 0.6 is 0 Å². The Morgan fingerprint density at radius 1 is 0.549 bits per heavy atom. The third-order valence-corrected chi connectivity index (χ3v) is 10.2. The van der Waals surface area contributed by atoms with Crippen LogP contribution in [0.5, 0.6) is 5.75 Å². The molecule has 1 aliphatic rings. The van der Waals surface area contributed by atoms with Gasteiger partial charge in [0.15, 0.2) is 5.72 Å². The van der Waals surface area contributed by atoms with Crippen molar-refractivity contribution in [2.24, 2.45) is 0 Å². The van der Waals surface area contributed by atoms with Crippen molar-refractivity contribution in [1.29, 1.82) is 0 Å². The van der Waals surface area contributed by atoms with E-state index in [1.807, 2.05) is 12.4 Å². The molecular weight excluding hydrogens is 627 g/mol. The van der Waals surface area contributed by atoms with E-state index in [-0.39, 0.29) is 0 Å². The van der Waals surface area contributed by atoms with Crippen LogP contribution in [0.1, 0.15) is 115 Å². The van der Waals surface area contributed by atoms with Gasteiger partial charge in [0.25, 0.3) is 0 Å². The molecule has 0 saturated heterocycles. The summed E-state index contributed by atoms with van der Waals surface area (Å²) in [5.41, 5.74) is 11.3. The minimum absolute atomic E-state index is 0.373. The third kappa shape index (κ3) is 6.05. The van der Waals surface area contributed by atoms with Gasteiger partial charge in [-0.3, -0.25) is 14.0 Å². The van der Waals surface area contributed by atoms with Crippen molar-refractivity contribution >= 4 is 11.4 Å². The maximum atomic E-state index is 6.64. The average molecular weight is 678 g/mol. The molecule has 0 bridgehead atoms. The zero-order valence-electron chi connectivity index (χ0n) is 31.8. The van der Waals surface area contributed by atoms with Crippen molar-refractivity contribution in [3.8, 4) is 39.9 Å². The molecule has 51 heavy (non-hydrogen) atoms. The van der Waals surface area contributed by atoms with Crippen molar-refractivity contribution < 1.29 is 4.74 Å². The molecule has 1 aliphatic heterocycles. The molecule has 2 aromatic heterocycles. The lowest BCUT2D eigenvalue weighted by atomic mass is 9.92. The molecule has 6 nitrogen and oxygen atoms in total. The first kappa shape index (κ1) is 34.4. The molecule has 0 amide bonds. The molecule has 0 aliphatic carbocycles. The Labute approximate surface area is 303 Å². The number of rotatable bonds is 9. The Kier molecular flexibility index (Phi) is 8.91. The lowest BCUT2D eigenvalue weighted by molar-refractivity contribution is 0.141. The van der Waals surface area contributed by atoms with Crippen molar-refractivity contribution in [2.75, 3.05) is 4.90 Å². The Balaban J connectivity index is 1.33. The van der Waals surface area contributed by atoms with Crippen LogP contribution < -0.4 is 9.64 Å². The second kappa shape index (κ2) is 13.2. The summed E-state index contributed by atoms with van der Waals surface area (Å²) in [4.78, 5) is 12.2. The Bertz CT molecular complexity index is 2150. The van der Waals surface area contributed by atoms with Crippen LogP contribution in [0.2, 0.25) is 0 Å². The second-order valence-corrected chi connectivity index (χ2v) is 15.5. The van der Waals surface area contributed by atoms with Gasteiger partial charge in [-0.15, -0.1) is 0 Å². The summed E-state index contributed by atoms with van der Waals surface area (Å²) in [6.07, 6.45) is 8.03. The summed E-state index contributed by atoms with van der Waals surface area (Å²) < 4.78 is 11.2. The van der Waals surface area contributed by atoms with Gasteiger partial charge in [0.1, 0.15) is 17.4 Å². The van der Waals surface area contributed by atoms with Gasteiger partial charge in [-0.2, -0.15) is 0 Å². The highest BCUT2D eigenvalue weighted by Crippen LogP contribution is 2.49. The van der Waals surface area contributed by atoms with Gasteiger partial charge in [-0.25, -0.2) is 9.97 Å². The molecule has 6 heteroatoms. The second-order valence-electron chi connectivity index (χ2n) is 15.5. The fourth-order valence-electron chi connectivity index (χ4n) is 7.73. The molecule has 0 unspecified atom stereocenters. The van der Waals surface area contributed by atoms with Gasteiger partial charge in [-0.05, 0) is 90.1 Å². The third-order valence-electron chi connectivity index (χ3n) is 10.2. The van der Waals surface area contributed by atoms with Gasteiger partial charge in [-0.1, -0.05) is 104 Å². The van der Waals surface area contributed by atoms with E-state index in [9.17, 15) is 0 Å². The molecule has 4 aromatic carbocycles. The van der Waals surface area contributed by atoms with Gasteiger partial charge in [0, 0.05) is 41.6 Å². The molecule has 0 N–H and O–H groups in total. The van der Waals surface area contributed by atoms with Gasteiger partial charge < -0.3 is 4.74 Å². The highest BCUT2D eigenvalue weighted by molar-refractivity contribution is 5.81. The first-order valence-corrected chi connectivity index (χ1v) is 18.4. The molecule has 0 fully saturated rings. The van der Waals surface area contributed by atoms with E-state index in [1.165, 1.54) is 33.6 Å². The van der Waals surface area contributed by atoms with Crippen molar-refractivity contribution in [2.45, 2.75) is 98.6 Å². The topological polar surface area (TPSA) is 48.1 Å². The van der Waals surface area contributed by atoms with Crippen LogP contribution in [-0.4, -0.2) is 24.8 Å². The molecular formula is C45H51N5O. The number of benzene rings is 4. The van der Waals surface area contributed by atoms with Gasteiger partial charge >= 0.3 is 0 Å². The monoisotopic (exact) mass is 677 g/mol. The lowest BCUT2D eigenvalue weighted by Gasteiger charge is -2.32. The smallest absolute Gasteiger partial charge is 0.181 e. The van der Waals surface area contributed by atoms with Crippen LogP contribution in [0.3, 0.4) is 0 Å². The molecule has 262 valence electrons. The van der Waals surface area contributed by atoms with E-state index in [4.69, 9.17) is 14.7 Å². The lowest BCUT2D eigenvalue weighted by Crippen LogP contribution is -2.40. The van der Waals surface area contributed by atoms with E-state index >= 15 is 0 Å². The summed E-state index contributed by atoms with van der Waals surface area (Å²) in [5.74, 6) is 4.18. The zero-order chi connectivity index (χ0) is 36.2. The maximum Gasteiger partial charge on any atom is 0.181 e. The first-order chi connectivity index (χ1) is 24.4. The molecule has 6 aromatic rings. The number of fused-ring (bicyclic) bond motifs is 1. The molecule has 0 atom stereocenters. The van der Waals surface area contributed by atoms with E-state index in [0.29, 0.717) is 23.7 Å². The number of imidazole rings is 2. The standard InChI is InChI=1S/C45H51N5O/c1-28(2)35-16-12-17-36(29(3)4)41(35)48-24-22-46-43(48)32-14-11-15-34(26-32)50-39-27-33(20-21-40(39)51-45(50,9)10)44-47-23-25-49(44)42-37(30(5)6)18-13-19-38(42)31(7)8/h11-31H,1-10H3. The number of hydrogen-bond donors (Lipinski definition) is 0. The first-order valence-electron chi connectivity index (χ1n) is 18.4. The number of para-hydroxylation sites is 2. The van der Waals surface area contributed by atoms with Gasteiger partial charge in [0.2, 0.25) is 0 Å². The summed E-state index contributed by atoms with van der Waals surface area (Å²) in [5, 5.41) is 0. The predicted molar refractivity (Wildman–Crippen MR) is 211 cm³/mol. The van der Waals surface area contributed by atoms with Crippen LogP contribution in [0.4, 0.5) is 11.4 Å². The van der Waals surface area contributed by atoms with Crippen molar-refractivity contribution in [3.63, 3.8) is 0 Å².